The number of halogens is 3. The van der Waals surface area contributed by atoms with Gasteiger partial charge < -0.3 is 11.1 Å². The van der Waals surface area contributed by atoms with Crippen molar-refractivity contribution in [3.63, 3.8) is 0 Å². The zero-order chi connectivity index (χ0) is 14.9. The van der Waals surface area contributed by atoms with E-state index in [2.05, 4.69) is 5.32 Å². The van der Waals surface area contributed by atoms with E-state index in [9.17, 15) is 0 Å². The van der Waals surface area contributed by atoms with Crippen LogP contribution in [-0.4, -0.2) is 4.99 Å². The summed E-state index contributed by atoms with van der Waals surface area (Å²) in [5.74, 6) is 0. The number of anilines is 2. The highest BCUT2D eigenvalue weighted by Gasteiger charge is 2.11. The van der Waals surface area contributed by atoms with Crippen molar-refractivity contribution in [3.05, 3.63) is 56.5 Å². The molecule has 0 aliphatic rings. The van der Waals surface area contributed by atoms with Crippen LogP contribution in [0.5, 0.6) is 0 Å². The number of hydrogen-bond acceptors (Lipinski definition) is 2. The summed E-state index contributed by atoms with van der Waals surface area (Å²) in [5.41, 5.74) is 8.50. The van der Waals surface area contributed by atoms with Crippen LogP contribution in [0, 0.1) is 6.92 Å². The first-order chi connectivity index (χ1) is 9.40. The van der Waals surface area contributed by atoms with Crippen LogP contribution >= 0.6 is 47.0 Å². The lowest BCUT2D eigenvalue weighted by Crippen LogP contribution is -2.09. The Morgan fingerprint density at radius 1 is 1.10 bits per heavy atom. The molecule has 0 saturated carbocycles. The highest BCUT2D eigenvalue weighted by molar-refractivity contribution is 7.80. The number of rotatable bonds is 3. The average Bonchev–Trinajstić information content (AvgIpc) is 2.40. The predicted molar refractivity (Wildman–Crippen MR) is 91.8 cm³/mol. The molecule has 0 fully saturated rings. The highest BCUT2D eigenvalue weighted by Crippen LogP contribution is 2.37. The summed E-state index contributed by atoms with van der Waals surface area (Å²) >= 11 is 23.5. The molecule has 0 aliphatic heterocycles. The summed E-state index contributed by atoms with van der Waals surface area (Å²) in [6, 6.07) is 8.90. The number of thiocarbonyl (C=S) groups is 1. The van der Waals surface area contributed by atoms with E-state index in [0.717, 1.165) is 5.56 Å². The van der Waals surface area contributed by atoms with E-state index in [1.165, 1.54) is 0 Å². The quantitative estimate of drug-likeness (QED) is 0.738. The molecule has 2 rings (SSSR count). The first kappa shape index (κ1) is 15.4. The van der Waals surface area contributed by atoms with E-state index >= 15 is 0 Å². The molecule has 0 aromatic heterocycles. The Morgan fingerprint density at radius 3 is 2.40 bits per heavy atom. The van der Waals surface area contributed by atoms with Crippen molar-refractivity contribution in [2.75, 3.05) is 5.32 Å². The fraction of sp³-hybridized carbons (Fsp3) is 0.0714. The van der Waals surface area contributed by atoms with Gasteiger partial charge in [-0.1, -0.05) is 53.1 Å². The van der Waals surface area contributed by atoms with Crippen LogP contribution in [-0.2, 0) is 0 Å². The summed E-state index contributed by atoms with van der Waals surface area (Å²) in [7, 11) is 0. The molecule has 20 heavy (non-hydrogen) atoms. The third kappa shape index (κ3) is 3.18. The van der Waals surface area contributed by atoms with E-state index in [0.29, 0.717) is 37.0 Å². The molecular formula is C14H11Cl3N2S. The fourth-order valence-electron chi connectivity index (χ4n) is 1.68. The fourth-order valence-corrected chi connectivity index (χ4v) is 2.50. The minimum Gasteiger partial charge on any atom is -0.389 e. The molecule has 2 nitrogen and oxygen atoms in total. The Morgan fingerprint density at radius 2 is 1.80 bits per heavy atom. The van der Waals surface area contributed by atoms with Gasteiger partial charge in [-0.15, -0.1) is 0 Å². The van der Waals surface area contributed by atoms with Crippen molar-refractivity contribution in [2.24, 2.45) is 5.73 Å². The van der Waals surface area contributed by atoms with Gasteiger partial charge in [0.15, 0.2) is 0 Å². The summed E-state index contributed by atoms with van der Waals surface area (Å²) in [6.07, 6.45) is 0. The Bertz CT molecular complexity index is 686. The second-order valence-electron chi connectivity index (χ2n) is 4.24. The van der Waals surface area contributed by atoms with Crippen LogP contribution in [0.15, 0.2) is 30.3 Å². The Labute approximate surface area is 137 Å². The van der Waals surface area contributed by atoms with Gasteiger partial charge in [-0.3, -0.25) is 0 Å². The van der Waals surface area contributed by atoms with Crippen molar-refractivity contribution in [3.8, 4) is 0 Å². The largest absolute Gasteiger partial charge is 0.389 e. The minimum absolute atomic E-state index is 0.296. The van der Waals surface area contributed by atoms with Gasteiger partial charge in [0.25, 0.3) is 0 Å². The zero-order valence-electron chi connectivity index (χ0n) is 10.5. The van der Waals surface area contributed by atoms with Crippen LogP contribution in [0.3, 0.4) is 0 Å². The first-order valence-corrected chi connectivity index (χ1v) is 7.25. The molecule has 0 atom stereocenters. The third-order valence-corrected chi connectivity index (χ3v) is 4.15. The van der Waals surface area contributed by atoms with E-state index in [4.69, 9.17) is 52.8 Å². The first-order valence-electron chi connectivity index (χ1n) is 5.71. The van der Waals surface area contributed by atoms with Crippen molar-refractivity contribution in [2.45, 2.75) is 6.92 Å². The molecule has 0 aliphatic carbocycles. The summed E-state index contributed by atoms with van der Waals surface area (Å²) < 4.78 is 0. The molecule has 6 heteroatoms. The Kier molecular flexibility index (Phi) is 4.76. The van der Waals surface area contributed by atoms with Crippen LogP contribution < -0.4 is 11.1 Å². The molecule has 0 spiro atoms. The van der Waals surface area contributed by atoms with Crippen molar-refractivity contribution in [1.29, 1.82) is 0 Å². The van der Waals surface area contributed by atoms with Gasteiger partial charge >= 0.3 is 0 Å². The third-order valence-electron chi connectivity index (χ3n) is 2.80. The lowest BCUT2D eigenvalue weighted by molar-refractivity contribution is 1.45. The van der Waals surface area contributed by atoms with Gasteiger partial charge in [0.1, 0.15) is 4.99 Å². The number of benzene rings is 2. The Balaban J connectivity index is 2.41. The zero-order valence-corrected chi connectivity index (χ0v) is 13.6. The van der Waals surface area contributed by atoms with E-state index < -0.39 is 0 Å². The highest BCUT2D eigenvalue weighted by atomic mass is 35.5. The van der Waals surface area contributed by atoms with Crippen LogP contribution in [0.1, 0.15) is 11.1 Å². The number of hydrogen-bond donors (Lipinski definition) is 2. The molecule has 2 aromatic carbocycles. The van der Waals surface area contributed by atoms with Crippen LogP contribution in [0.2, 0.25) is 15.1 Å². The molecule has 2 aromatic rings. The summed E-state index contributed by atoms with van der Waals surface area (Å²) in [4.78, 5) is 0.296. The van der Waals surface area contributed by atoms with Crippen molar-refractivity contribution < 1.29 is 0 Å². The molecule has 0 radical (unpaired) electrons. The van der Waals surface area contributed by atoms with Crippen molar-refractivity contribution >= 4 is 63.4 Å². The summed E-state index contributed by atoms with van der Waals surface area (Å²) in [5, 5.41) is 4.71. The van der Waals surface area contributed by atoms with Gasteiger partial charge in [0, 0.05) is 5.56 Å². The van der Waals surface area contributed by atoms with Crippen LogP contribution in [0.25, 0.3) is 0 Å². The molecule has 0 bridgehead atoms. The van der Waals surface area contributed by atoms with E-state index in [1.54, 1.807) is 24.3 Å². The normalized spacial score (nSPS) is 10.4. The standard InChI is InChI=1S/C14H11Cl3N2S/c1-7-2-4-9(15)13(12(7)17)19-11-5-3-8(14(18)20)6-10(11)16/h2-6,19H,1H3,(H2,18,20). The molecule has 104 valence electrons. The molecule has 0 amide bonds. The second-order valence-corrected chi connectivity index (χ2v) is 5.87. The van der Waals surface area contributed by atoms with Crippen molar-refractivity contribution in [1.82, 2.24) is 0 Å². The maximum Gasteiger partial charge on any atom is 0.104 e. The summed E-state index contributed by atoms with van der Waals surface area (Å²) in [6.45, 7) is 1.90. The van der Waals surface area contributed by atoms with Gasteiger partial charge in [0.2, 0.25) is 0 Å². The smallest absolute Gasteiger partial charge is 0.104 e. The van der Waals surface area contributed by atoms with Gasteiger partial charge in [-0.2, -0.15) is 0 Å². The van der Waals surface area contributed by atoms with E-state index in [1.807, 2.05) is 13.0 Å². The molecular weight excluding hydrogens is 335 g/mol. The van der Waals surface area contributed by atoms with Gasteiger partial charge in [-0.25, -0.2) is 0 Å². The maximum absolute atomic E-state index is 6.25. The topological polar surface area (TPSA) is 38.0 Å². The molecule has 3 N–H and O–H groups in total. The SMILES string of the molecule is Cc1ccc(Cl)c(Nc2ccc(C(N)=S)cc2Cl)c1Cl. The van der Waals surface area contributed by atoms with Gasteiger partial charge in [-0.05, 0) is 36.8 Å². The number of nitrogens with two attached hydrogens (primary N) is 1. The molecule has 0 unspecified atom stereocenters. The molecule has 0 saturated heterocycles. The second kappa shape index (κ2) is 6.19. The molecule has 0 heterocycles. The number of nitrogens with one attached hydrogen (secondary N) is 1. The average molecular weight is 346 g/mol. The number of aryl methyl sites for hydroxylation is 1. The monoisotopic (exact) mass is 344 g/mol. The van der Waals surface area contributed by atoms with Crippen LogP contribution in [0.4, 0.5) is 11.4 Å². The lowest BCUT2D eigenvalue weighted by atomic mass is 10.2. The lowest BCUT2D eigenvalue weighted by Gasteiger charge is -2.14. The minimum atomic E-state index is 0.296. The maximum atomic E-state index is 6.25. The van der Waals surface area contributed by atoms with E-state index in [-0.39, 0.29) is 0 Å². The predicted octanol–water partition coefficient (Wildman–Crippen LogP) is 5.33. The van der Waals surface area contributed by atoms with Gasteiger partial charge in [0.05, 0.1) is 26.4 Å². The Hall–Kier alpha value is -1.000.